The summed E-state index contributed by atoms with van der Waals surface area (Å²) in [5, 5.41) is 0. The standard InChI is InChI=1S/C17H32O8S2/c1-16(2,12-26(20,21)22)10-8-14(18)6-5-7-15(19)9-11-17(3,4)13-27(23,24)25/h5-13H2,1-4H3,(H,20,21,22)(H,23,24,25). The molecule has 0 atom stereocenters. The Hall–Kier alpha value is -0.840. The van der Waals surface area contributed by atoms with Crippen LogP contribution in [0.3, 0.4) is 0 Å². The first-order valence-electron chi connectivity index (χ1n) is 8.85. The van der Waals surface area contributed by atoms with Gasteiger partial charge in [-0.1, -0.05) is 27.7 Å². The monoisotopic (exact) mass is 428 g/mol. The Bertz CT molecular complexity index is 656. The lowest BCUT2D eigenvalue weighted by Crippen LogP contribution is -2.24. The molecule has 2 N–H and O–H groups in total. The van der Waals surface area contributed by atoms with Crippen molar-refractivity contribution in [2.75, 3.05) is 11.5 Å². The minimum Gasteiger partial charge on any atom is -0.300 e. The maximum Gasteiger partial charge on any atom is 0.265 e. The van der Waals surface area contributed by atoms with Crippen LogP contribution >= 0.6 is 0 Å². The van der Waals surface area contributed by atoms with Gasteiger partial charge in [0.2, 0.25) is 0 Å². The number of carbonyl (C=O) groups is 2. The highest BCUT2D eigenvalue weighted by Crippen LogP contribution is 2.26. The predicted molar refractivity (Wildman–Crippen MR) is 103 cm³/mol. The highest BCUT2D eigenvalue weighted by atomic mass is 32.2. The molecule has 10 heteroatoms. The van der Waals surface area contributed by atoms with Crippen molar-refractivity contribution in [2.45, 2.75) is 72.6 Å². The molecule has 0 radical (unpaired) electrons. The van der Waals surface area contributed by atoms with Crippen molar-refractivity contribution < 1.29 is 35.5 Å². The second kappa shape index (κ2) is 10.1. The number of carbonyl (C=O) groups excluding carboxylic acids is 2. The van der Waals surface area contributed by atoms with Crippen LogP contribution in [0.4, 0.5) is 0 Å². The molecule has 0 rings (SSSR count). The highest BCUT2D eigenvalue weighted by molar-refractivity contribution is 7.86. The van der Waals surface area contributed by atoms with E-state index in [9.17, 15) is 26.4 Å². The lowest BCUT2D eigenvalue weighted by molar-refractivity contribution is -0.120. The van der Waals surface area contributed by atoms with Crippen LogP contribution in [-0.4, -0.2) is 49.0 Å². The number of Topliss-reactive ketones (excluding diaryl/α,β-unsaturated/α-hetero) is 2. The quantitative estimate of drug-likeness (QED) is 0.402. The molecule has 0 fully saturated rings. The summed E-state index contributed by atoms with van der Waals surface area (Å²) in [4.78, 5) is 23.8. The van der Waals surface area contributed by atoms with E-state index in [2.05, 4.69) is 0 Å². The molecule has 0 saturated carbocycles. The molecular formula is C17H32O8S2. The molecule has 8 nitrogen and oxygen atoms in total. The topological polar surface area (TPSA) is 143 Å². The van der Waals surface area contributed by atoms with E-state index in [-0.39, 0.29) is 37.2 Å². The van der Waals surface area contributed by atoms with E-state index in [1.165, 1.54) is 0 Å². The fourth-order valence-electron chi connectivity index (χ4n) is 2.82. The fourth-order valence-corrected chi connectivity index (χ4v) is 5.08. The Kier molecular flexibility index (Phi) is 9.77. The number of hydrogen-bond acceptors (Lipinski definition) is 6. The van der Waals surface area contributed by atoms with Gasteiger partial charge in [0.25, 0.3) is 20.2 Å². The molecule has 0 saturated heterocycles. The van der Waals surface area contributed by atoms with Crippen molar-refractivity contribution in [3.8, 4) is 0 Å². The Morgan fingerprint density at radius 2 is 0.963 bits per heavy atom. The summed E-state index contributed by atoms with van der Waals surface area (Å²) < 4.78 is 61.5. The van der Waals surface area contributed by atoms with Crippen molar-refractivity contribution in [1.29, 1.82) is 0 Å². The molecule has 27 heavy (non-hydrogen) atoms. The zero-order valence-corrected chi connectivity index (χ0v) is 18.2. The smallest absolute Gasteiger partial charge is 0.265 e. The normalized spacial score (nSPS) is 13.6. The van der Waals surface area contributed by atoms with Gasteiger partial charge in [0.15, 0.2) is 0 Å². The lowest BCUT2D eigenvalue weighted by atomic mass is 9.87. The molecule has 0 aliphatic carbocycles. The Morgan fingerprint density at radius 3 is 1.22 bits per heavy atom. The van der Waals surface area contributed by atoms with Crippen molar-refractivity contribution in [3.05, 3.63) is 0 Å². The molecule has 0 aromatic carbocycles. The van der Waals surface area contributed by atoms with E-state index in [4.69, 9.17) is 9.11 Å². The molecule has 0 aromatic heterocycles. The fraction of sp³-hybridized carbons (Fsp3) is 0.882. The van der Waals surface area contributed by atoms with Gasteiger partial charge in [0.05, 0.1) is 11.5 Å². The van der Waals surface area contributed by atoms with Gasteiger partial charge >= 0.3 is 0 Å². The lowest BCUT2D eigenvalue weighted by Gasteiger charge is -2.22. The van der Waals surface area contributed by atoms with Crippen LogP contribution < -0.4 is 0 Å². The Morgan fingerprint density at radius 1 is 0.667 bits per heavy atom. The summed E-state index contributed by atoms with van der Waals surface area (Å²) in [5.41, 5.74) is -1.42. The largest absolute Gasteiger partial charge is 0.300 e. The van der Waals surface area contributed by atoms with Crippen LogP contribution in [0.15, 0.2) is 0 Å². The summed E-state index contributed by atoms with van der Waals surface area (Å²) in [6, 6.07) is 0. The molecule has 0 aliphatic rings. The van der Waals surface area contributed by atoms with Crippen LogP contribution in [0.25, 0.3) is 0 Å². The number of rotatable bonds is 14. The van der Waals surface area contributed by atoms with E-state index in [0.717, 1.165) is 0 Å². The average Bonchev–Trinajstić information content (AvgIpc) is 2.38. The molecule has 0 spiro atoms. The Balaban J connectivity index is 4.15. The first-order valence-corrected chi connectivity index (χ1v) is 12.1. The van der Waals surface area contributed by atoms with Crippen LogP contribution in [0, 0.1) is 10.8 Å². The van der Waals surface area contributed by atoms with E-state index < -0.39 is 42.6 Å². The maximum absolute atomic E-state index is 11.9. The zero-order chi connectivity index (χ0) is 21.5. The van der Waals surface area contributed by atoms with Gasteiger partial charge in [0, 0.05) is 25.7 Å². The predicted octanol–water partition coefficient (Wildman–Crippen LogP) is 2.68. The van der Waals surface area contributed by atoms with Crippen molar-refractivity contribution in [1.82, 2.24) is 0 Å². The summed E-state index contributed by atoms with van der Waals surface area (Å²) in [6.45, 7) is 6.63. The highest BCUT2D eigenvalue weighted by Gasteiger charge is 2.26. The average molecular weight is 429 g/mol. The first kappa shape index (κ1) is 26.2. The van der Waals surface area contributed by atoms with E-state index in [0.29, 0.717) is 19.3 Å². The Labute approximate surface area is 162 Å². The molecule has 160 valence electrons. The summed E-state index contributed by atoms with van der Waals surface area (Å²) >= 11 is 0. The number of hydrogen-bond donors (Lipinski definition) is 2. The van der Waals surface area contributed by atoms with Crippen molar-refractivity contribution in [3.63, 3.8) is 0 Å². The van der Waals surface area contributed by atoms with E-state index >= 15 is 0 Å². The summed E-state index contributed by atoms with van der Waals surface area (Å²) in [6.07, 6.45) is 1.81. The maximum atomic E-state index is 11.9. The molecule has 0 bridgehead atoms. The van der Waals surface area contributed by atoms with E-state index in [1.54, 1.807) is 27.7 Å². The van der Waals surface area contributed by atoms with E-state index in [1.807, 2.05) is 0 Å². The minimum atomic E-state index is -4.10. The third-order valence-electron chi connectivity index (χ3n) is 4.22. The van der Waals surface area contributed by atoms with Crippen molar-refractivity contribution >= 4 is 31.8 Å². The van der Waals surface area contributed by atoms with Gasteiger partial charge in [0.1, 0.15) is 11.6 Å². The third-order valence-corrected chi connectivity index (χ3v) is 6.51. The second-order valence-electron chi connectivity index (χ2n) is 8.71. The molecule has 0 heterocycles. The SMILES string of the molecule is CC(C)(CCC(=O)CCCC(=O)CCC(C)(C)CS(=O)(=O)O)CS(=O)(=O)O. The summed E-state index contributed by atoms with van der Waals surface area (Å²) in [5.74, 6) is -0.966. The van der Waals surface area contributed by atoms with Gasteiger partial charge in [-0.2, -0.15) is 16.8 Å². The summed E-state index contributed by atoms with van der Waals surface area (Å²) in [7, 11) is -8.19. The zero-order valence-electron chi connectivity index (χ0n) is 16.5. The molecular weight excluding hydrogens is 396 g/mol. The van der Waals surface area contributed by atoms with Crippen LogP contribution in [0.5, 0.6) is 0 Å². The first-order chi connectivity index (χ1) is 11.9. The second-order valence-corrected chi connectivity index (χ2v) is 11.6. The third kappa shape index (κ3) is 15.9. The van der Waals surface area contributed by atoms with Gasteiger partial charge in [-0.25, -0.2) is 0 Å². The van der Waals surface area contributed by atoms with Gasteiger partial charge in [-0.3, -0.25) is 18.7 Å². The van der Waals surface area contributed by atoms with Gasteiger partial charge in [-0.15, -0.1) is 0 Å². The van der Waals surface area contributed by atoms with Crippen LogP contribution in [-0.2, 0) is 29.8 Å². The molecule has 0 unspecified atom stereocenters. The molecule has 0 aliphatic heterocycles. The molecule has 0 aromatic rings. The molecule has 0 amide bonds. The van der Waals surface area contributed by atoms with Gasteiger partial charge in [-0.05, 0) is 30.1 Å². The van der Waals surface area contributed by atoms with Gasteiger partial charge < -0.3 is 0 Å². The van der Waals surface area contributed by atoms with Crippen molar-refractivity contribution in [2.24, 2.45) is 10.8 Å². The minimum absolute atomic E-state index is 0.0714. The number of ketones is 2. The van der Waals surface area contributed by atoms with Crippen LogP contribution in [0.1, 0.15) is 72.6 Å². The van der Waals surface area contributed by atoms with Crippen LogP contribution in [0.2, 0.25) is 0 Å².